The molecule has 1 atom stereocenters. The van der Waals surface area contributed by atoms with E-state index in [-0.39, 0.29) is 12.0 Å². The zero-order valence-corrected chi connectivity index (χ0v) is 16.5. The van der Waals surface area contributed by atoms with Gasteiger partial charge in [-0.1, -0.05) is 36.4 Å². The Balaban J connectivity index is 1.62. The summed E-state index contributed by atoms with van der Waals surface area (Å²) in [6.07, 6.45) is 0. The average molecular weight is 378 g/mol. The normalized spacial score (nSPS) is 12.0. The third kappa shape index (κ3) is 5.17. The van der Waals surface area contributed by atoms with Crippen LogP contribution < -0.4 is 15.8 Å². The molecule has 1 aromatic heterocycles. The van der Waals surface area contributed by atoms with E-state index in [1.165, 1.54) is 0 Å². The van der Waals surface area contributed by atoms with Crippen LogP contribution in [0.4, 0.5) is 17.6 Å². The van der Waals surface area contributed by atoms with E-state index >= 15 is 0 Å². The zero-order chi connectivity index (χ0) is 19.9. The van der Waals surface area contributed by atoms with Crippen LogP contribution in [-0.2, 0) is 0 Å². The maximum absolute atomic E-state index is 5.90. The smallest absolute Gasteiger partial charge is 0.232 e. The summed E-state index contributed by atoms with van der Waals surface area (Å²) in [6, 6.07) is 17.7. The van der Waals surface area contributed by atoms with Gasteiger partial charge in [-0.25, -0.2) is 0 Å². The van der Waals surface area contributed by atoms with Crippen molar-refractivity contribution >= 4 is 17.6 Å². The van der Waals surface area contributed by atoms with Gasteiger partial charge in [0.15, 0.2) is 5.82 Å². The molecular weight excluding hydrogens is 352 g/mol. The Kier molecular flexibility index (Phi) is 6.39. The van der Waals surface area contributed by atoms with Gasteiger partial charge in [-0.05, 0) is 44.7 Å². The van der Waals surface area contributed by atoms with Crippen molar-refractivity contribution in [3.05, 3.63) is 66.0 Å². The summed E-state index contributed by atoms with van der Waals surface area (Å²) in [5, 5.41) is 3.16. The first-order chi connectivity index (χ1) is 13.5. The van der Waals surface area contributed by atoms with Crippen molar-refractivity contribution in [2.75, 3.05) is 31.2 Å². The van der Waals surface area contributed by atoms with Crippen molar-refractivity contribution in [3.63, 3.8) is 0 Å². The summed E-state index contributed by atoms with van der Waals surface area (Å²) in [7, 11) is 2.01. The van der Waals surface area contributed by atoms with Crippen LogP contribution in [0, 0.1) is 6.92 Å². The van der Waals surface area contributed by atoms with Crippen molar-refractivity contribution in [1.29, 1.82) is 0 Å². The van der Waals surface area contributed by atoms with Crippen LogP contribution in [0.2, 0.25) is 0 Å². The largest absolute Gasteiger partial charge is 0.492 e. The summed E-state index contributed by atoms with van der Waals surface area (Å²) < 4.78 is 5.89. The molecule has 146 valence electrons. The van der Waals surface area contributed by atoms with Crippen molar-refractivity contribution in [2.45, 2.75) is 19.9 Å². The number of para-hydroxylation sites is 2. The second-order valence-electron chi connectivity index (χ2n) is 6.64. The topological polar surface area (TPSA) is 89.2 Å². The highest BCUT2D eigenvalue weighted by molar-refractivity contribution is 5.53. The van der Waals surface area contributed by atoms with Gasteiger partial charge in [0.25, 0.3) is 0 Å². The maximum atomic E-state index is 5.90. The number of nitrogens with one attached hydrogen (secondary N) is 1. The molecule has 0 saturated heterocycles. The molecule has 7 nitrogen and oxygen atoms in total. The molecule has 0 aliphatic heterocycles. The van der Waals surface area contributed by atoms with Gasteiger partial charge in [0.1, 0.15) is 12.4 Å². The summed E-state index contributed by atoms with van der Waals surface area (Å²) in [5.41, 5.74) is 7.92. The Bertz CT molecular complexity index is 902. The third-order valence-corrected chi connectivity index (χ3v) is 4.53. The predicted octanol–water partition coefficient (Wildman–Crippen LogP) is 3.58. The summed E-state index contributed by atoms with van der Waals surface area (Å²) in [4.78, 5) is 15.2. The van der Waals surface area contributed by atoms with Crippen molar-refractivity contribution in [3.8, 4) is 5.75 Å². The molecule has 1 heterocycles. The number of nitrogens with two attached hydrogens (primary N) is 1. The van der Waals surface area contributed by atoms with Gasteiger partial charge in [0, 0.05) is 12.2 Å². The lowest BCUT2D eigenvalue weighted by molar-refractivity contribution is 0.195. The van der Waals surface area contributed by atoms with Gasteiger partial charge in [0.2, 0.25) is 11.9 Å². The Morgan fingerprint density at radius 3 is 2.50 bits per heavy atom. The molecule has 0 saturated carbocycles. The standard InChI is InChI=1S/C21H26N6O/c1-15-9-7-8-12-18(15)28-14-13-27(3)16(2)19-24-20(22)26-21(25-19)23-17-10-5-4-6-11-17/h4-12,16H,13-14H2,1-3H3,(H3,22,23,24,25,26). The molecule has 0 amide bonds. The summed E-state index contributed by atoms with van der Waals surface area (Å²) in [6.45, 7) is 5.37. The van der Waals surface area contributed by atoms with Crippen molar-refractivity contribution in [1.82, 2.24) is 19.9 Å². The highest BCUT2D eigenvalue weighted by Gasteiger charge is 2.17. The first-order valence-electron chi connectivity index (χ1n) is 9.25. The molecule has 0 aliphatic rings. The third-order valence-electron chi connectivity index (χ3n) is 4.53. The molecular formula is C21H26N6O. The Hall–Kier alpha value is -3.19. The lowest BCUT2D eigenvalue weighted by Gasteiger charge is -2.24. The molecule has 0 aliphatic carbocycles. The van der Waals surface area contributed by atoms with Gasteiger partial charge in [-0.15, -0.1) is 0 Å². The summed E-state index contributed by atoms with van der Waals surface area (Å²) in [5.74, 6) is 2.15. The lowest BCUT2D eigenvalue weighted by atomic mass is 10.2. The van der Waals surface area contributed by atoms with Crippen molar-refractivity contribution < 1.29 is 4.74 Å². The number of nitrogens with zero attached hydrogens (tertiary/aromatic N) is 4. The number of likely N-dealkylation sites (N-methyl/N-ethyl adjacent to an activating group) is 1. The molecule has 3 rings (SSSR count). The second kappa shape index (κ2) is 9.14. The monoisotopic (exact) mass is 378 g/mol. The predicted molar refractivity (Wildman–Crippen MR) is 112 cm³/mol. The van der Waals surface area contributed by atoms with Crippen LogP contribution in [0.15, 0.2) is 54.6 Å². The number of hydrogen-bond donors (Lipinski definition) is 2. The highest BCUT2D eigenvalue weighted by Crippen LogP contribution is 2.20. The Morgan fingerprint density at radius 1 is 1.04 bits per heavy atom. The van der Waals surface area contributed by atoms with E-state index in [2.05, 4.69) is 25.2 Å². The highest BCUT2D eigenvalue weighted by atomic mass is 16.5. The Morgan fingerprint density at radius 2 is 1.75 bits per heavy atom. The van der Waals surface area contributed by atoms with Crippen LogP contribution >= 0.6 is 0 Å². The molecule has 28 heavy (non-hydrogen) atoms. The number of hydrogen-bond acceptors (Lipinski definition) is 7. The zero-order valence-electron chi connectivity index (χ0n) is 16.5. The van der Waals surface area contributed by atoms with E-state index in [9.17, 15) is 0 Å². The number of aromatic nitrogens is 3. The second-order valence-corrected chi connectivity index (χ2v) is 6.64. The van der Waals surface area contributed by atoms with Gasteiger partial charge < -0.3 is 15.8 Å². The fourth-order valence-corrected chi connectivity index (χ4v) is 2.71. The van der Waals surface area contributed by atoms with E-state index in [4.69, 9.17) is 10.5 Å². The molecule has 0 radical (unpaired) electrons. The molecule has 7 heteroatoms. The minimum Gasteiger partial charge on any atom is -0.492 e. The van der Waals surface area contributed by atoms with Gasteiger partial charge >= 0.3 is 0 Å². The van der Waals surface area contributed by atoms with E-state index in [1.54, 1.807) is 0 Å². The van der Waals surface area contributed by atoms with E-state index in [0.717, 1.165) is 23.5 Å². The Labute approximate surface area is 165 Å². The number of nitrogen functional groups attached to an aromatic ring is 1. The van der Waals surface area contributed by atoms with Crippen LogP contribution in [0.1, 0.15) is 24.4 Å². The molecule has 0 bridgehead atoms. The molecule has 1 unspecified atom stereocenters. The number of benzene rings is 2. The van der Waals surface area contributed by atoms with Crippen LogP contribution in [0.25, 0.3) is 0 Å². The number of anilines is 3. The minimum absolute atomic E-state index is 0.0397. The van der Waals surface area contributed by atoms with Crippen LogP contribution in [0.3, 0.4) is 0 Å². The molecule has 0 spiro atoms. The number of aryl methyl sites for hydroxylation is 1. The fraction of sp³-hybridized carbons (Fsp3) is 0.286. The summed E-state index contributed by atoms with van der Waals surface area (Å²) >= 11 is 0. The first kappa shape index (κ1) is 19.6. The van der Waals surface area contributed by atoms with Crippen LogP contribution in [-0.4, -0.2) is 40.1 Å². The van der Waals surface area contributed by atoms with Gasteiger partial charge in [-0.2, -0.15) is 15.0 Å². The molecule has 0 fully saturated rings. The lowest BCUT2D eigenvalue weighted by Crippen LogP contribution is -2.29. The number of ether oxygens (including phenoxy) is 1. The minimum atomic E-state index is -0.0397. The number of rotatable bonds is 8. The van der Waals surface area contributed by atoms with Crippen molar-refractivity contribution in [2.24, 2.45) is 0 Å². The fourth-order valence-electron chi connectivity index (χ4n) is 2.71. The molecule has 2 aromatic carbocycles. The first-order valence-corrected chi connectivity index (χ1v) is 9.25. The maximum Gasteiger partial charge on any atom is 0.232 e. The van der Waals surface area contributed by atoms with E-state index in [1.807, 2.05) is 75.5 Å². The van der Waals surface area contributed by atoms with E-state index < -0.39 is 0 Å². The van der Waals surface area contributed by atoms with Gasteiger partial charge in [-0.3, -0.25) is 4.90 Å². The van der Waals surface area contributed by atoms with Crippen LogP contribution in [0.5, 0.6) is 5.75 Å². The van der Waals surface area contributed by atoms with Gasteiger partial charge in [0.05, 0.1) is 6.04 Å². The quantitative estimate of drug-likeness (QED) is 0.619. The van der Waals surface area contributed by atoms with E-state index in [0.29, 0.717) is 18.4 Å². The average Bonchev–Trinajstić information content (AvgIpc) is 2.69. The molecule has 3 N–H and O–H groups in total. The molecule has 3 aromatic rings. The SMILES string of the molecule is Cc1ccccc1OCCN(C)C(C)c1nc(N)nc(Nc2ccccc2)n1.